The smallest absolute Gasteiger partial charge is 0.0363 e. The summed E-state index contributed by atoms with van der Waals surface area (Å²) in [5.41, 5.74) is 0. The molecule has 0 aromatic heterocycles. The minimum absolute atomic E-state index is 0.915. The molecule has 0 radical (unpaired) electrons. The van der Waals surface area contributed by atoms with Crippen molar-refractivity contribution in [3.8, 4) is 0 Å². The summed E-state index contributed by atoms with van der Waals surface area (Å²) >= 11 is 0. The number of hydrogen-bond donors (Lipinski definition) is 0. The monoisotopic (exact) mass is 238 g/mol. The second kappa shape index (κ2) is 8.16. The van der Waals surface area contributed by atoms with Gasteiger partial charge in [-0.25, -0.2) is 0 Å². The summed E-state index contributed by atoms with van der Waals surface area (Å²) in [4.78, 5) is 0. The zero-order valence-corrected chi connectivity index (χ0v) is 12.7. The standard InChI is InChI=1S/C17H34/c1-5-6-7-9-15(4)12-13-16-10-8-11-17(16)14(2)3/h14-17H,5-13H2,1-4H3. The fourth-order valence-corrected chi connectivity index (χ4v) is 3.69. The molecule has 0 saturated heterocycles. The van der Waals surface area contributed by atoms with Gasteiger partial charge in [-0.05, 0) is 36.5 Å². The normalized spacial score (nSPS) is 26.6. The van der Waals surface area contributed by atoms with Gasteiger partial charge >= 0.3 is 0 Å². The highest BCUT2D eigenvalue weighted by Gasteiger charge is 2.29. The van der Waals surface area contributed by atoms with Gasteiger partial charge in [-0.1, -0.05) is 72.6 Å². The molecule has 3 atom stereocenters. The Bertz CT molecular complexity index is 182. The molecule has 0 heteroatoms. The predicted molar refractivity (Wildman–Crippen MR) is 78.2 cm³/mol. The topological polar surface area (TPSA) is 0 Å². The molecular formula is C17H34. The molecule has 0 bridgehead atoms. The SMILES string of the molecule is CCCCCC(C)CCC1CCCC1C(C)C. The van der Waals surface area contributed by atoms with Crippen LogP contribution in [0.15, 0.2) is 0 Å². The molecule has 0 heterocycles. The van der Waals surface area contributed by atoms with Crippen molar-refractivity contribution in [2.75, 3.05) is 0 Å². The van der Waals surface area contributed by atoms with Crippen LogP contribution in [0.25, 0.3) is 0 Å². The molecule has 3 unspecified atom stereocenters. The van der Waals surface area contributed by atoms with Crippen molar-refractivity contribution in [3.63, 3.8) is 0 Å². The average Bonchev–Trinajstić information content (AvgIpc) is 2.75. The molecule has 0 amide bonds. The second-order valence-electron chi connectivity index (χ2n) is 6.78. The lowest BCUT2D eigenvalue weighted by molar-refractivity contribution is 0.262. The molecule has 1 rings (SSSR count). The van der Waals surface area contributed by atoms with E-state index in [1.807, 2.05) is 0 Å². The highest BCUT2D eigenvalue weighted by Crippen LogP contribution is 2.40. The Labute approximate surface area is 110 Å². The van der Waals surface area contributed by atoms with Crippen LogP contribution in [0.1, 0.15) is 85.5 Å². The van der Waals surface area contributed by atoms with Crippen LogP contribution in [0, 0.1) is 23.7 Å². The second-order valence-corrected chi connectivity index (χ2v) is 6.78. The summed E-state index contributed by atoms with van der Waals surface area (Å²) in [6, 6.07) is 0. The molecule has 0 aliphatic heterocycles. The van der Waals surface area contributed by atoms with E-state index in [4.69, 9.17) is 0 Å². The summed E-state index contributed by atoms with van der Waals surface area (Å²) in [6.07, 6.45) is 13.2. The van der Waals surface area contributed by atoms with Gasteiger partial charge in [-0.3, -0.25) is 0 Å². The largest absolute Gasteiger partial charge is 0.0654 e. The predicted octanol–water partition coefficient (Wildman–Crippen LogP) is 6.06. The van der Waals surface area contributed by atoms with Gasteiger partial charge in [0.25, 0.3) is 0 Å². The number of unbranched alkanes of at least 4 members (excludes halogenated alkanes) is 2. The van der Waals surface area contributed by atoms with E-state index in [1.54, 1.807) is 0 Å². The van der Waals surface area contributed by atoms with Crippen molar-refractivity contribution in [1.82, 2.24) is 0 Å². The van der Waals surface area contributed by atoms with E-state index < -0.39 is 0 Å². The van der Waals surface area contributed by atoms with Crippen molar-refractivity contribution in [2.45, 2.75) is 85.5 Å². The highest BCUT2D eigenvalue weighted by molar-refractivity contribution is 4.80. The van der Waals surface area contributed by atoms with Crippen LogP contribution in [0.2, 0.25) is 0 Å². The Hall–Kier alpha value is 0. The molecule has 102 valence electrons. The Morgan fingerprint density at radius 1 is 1.00 bits per heavy atom. The van der Waals surface area contributed by atoms with E-state index in [0.717, 1.165) is 23.7 Å². The first-order chi connectivity index (χ1) is 8.15. The molecule has 0 aromatic carbocycles. The van der Waals surface area contributed by atoms with Crippen LogP contribution in [-0.2, 0) is 0 Å². The Kier molecular flexibility index (Phi) is 7.23. The summed E-state index contributed by atoms with van der Waals surface area (Å²) in [7, 11) is 0. The maximum absolute atomic E-state index is 2.47. The van der Waals surface area contributed by atoms with Crippen molar-refractivity contribution in [3.05, 3.63) is 0 Å². The third-order valence-corrected chi connectivity index (χ3v) is 4.90. The molecule has 1 saturated carbocycles. The first-order valence-electron chi connectivity index (χ1n) is 8.15. The molecule has 1 aliphatic carbocycles. The van der Waals surface area contributed by atoms with Crippen LogP contribution >= 0.6 is 0 Å². The molecule has 0 aromatic rings. The van der Waals surface area contributed by atoms with Gasteiger partial charge in [0, 0.05) is 0 Å². The lowest BCUT2D eigenvalue weighted by Crippen LogP contribution is -2.15. The minimum atomic E-state index is 0.915. The van der Waals surface area contributed by atoms with Gasteiger partial charge < -0.3 is 0 Å². The van der Waals surface area contributed by atoms with Crippen LogP contribution in [0.5, 0.6) is 0 Å². The molecule has 0 nitrogen and oxygen atoms in total. The zero-order valence-electron chi connectivity index (χ0n) is 12.7. The Morgan fingerprint density at radius 2 is 1.76 bits per heavy atom. The number of hydrogen-bond acceptors (Lipinski definition) is 0. The van der Waals surface area contributed by atoms with Crippen molar-refractivity contribution in [2.24, 2.45) is 23.7 Å². The molecule has 0 spiro atoms. The summed E-state index contributed by atoms with van der Waals surface area (Å²) in [5, 5.41) is 0. The van der Waals surface area contributed by atoms with Crippen LogP contribution < -0.4 is 0 Å². The van der Waals surface area contributed by atoms with Crippen molar-refractivity contribution >= 4 is 0 Å². The zero-order chi connectivity index (χ0) is 12.7. The molecule has 0 N–H and O–H groups in total. The molecule has 17 heavy (non-hydrogen) atoms. The van der Waals surface area contributed by atoms with E-state index in [2.05, 4.69) is 27.7 Å². The quantitative estimate of drug-likeness (QED) is 0.451. The van der Waals surface area contributed by atoms with Crippen LogP contribution in [-0.4, -0.2) is 0 Å². The average molecular weight is 238 g/mol. The lowest BCUT2D eigenvalue weighted by atomic mass is 9.82. The van der Waals surface area contributed by atoms with Gasteiger partial charge in [0.05, 0.1) is 0 Å². The molecular weight excluding hydrogens is 204 g/mol. The fraction of sp³-hybridized carbons (Fsp3) is 1.00. The van der Waals surface area contributed by atoms with Gasteiger partial charge in [-0.2, -0.15) is 0 Å². The first-order valence-corrected chi connectivity index (χ1v) is 8.15. The maximum Gasteiger partial charge on any atom is -0.0363 e. The van der Waals surface area contributed by atoms with Crippen LogP contribution in [0.4, 0.5) is 0 Å². The number of rotatable bonds is 8. The third-order valence-electron chi connectivity index (χ3n) is 4.90. The van der Waals surface area contributed by atoms with Gasteiger partial charge in [0.1, 0.15) is 0 Å². The van der Waals surface area contributed by atoms with E-state index in [9.17, 15) is 0 Å². The van der Waals surface area contributed by atoms with Crippen molar-refractivity contribution < 1.29 is 0 Å². The highest BCUT2D eigenvalue weighted by atomic mass is 14.3. The van der Waals surface area contributed by atoms with E-state index in [-0.39, 0.29) is 0 Å². The van der Waals surface area contributed by atoms with E-state index in [1.165, 1.54) is 57.8 Å². The van der Waals surface area contributed by atoms with Gasteiger partial charge in [-0.15, -0.1) is 0 Å². The van der Waals surface area contributed by atoms with Gasteiger partial charge in [0.2, 0.25) is 0 Å². The Morgan fingerprint density at radius 3 is 2.41 bits per heavy atom. The molecule has 1 fully saturated rings. The van der Waals surface area contributed by atoms with Gasteiger partial charge in [0.15, 0.2) is 0 Å². The maximum atomic E-state index is 2.47. The minimum Gasteiger partial charge on any atom is -0.0654 e. The third kappa shape index (κ3) is 5.44. The first kappa shape index (κ1) is 15.1. The van der Waals surface area contributed by atoms with E-state index >= 15 is 0 Å². The van der Waals surface area contributed by atoms with Crippen molar-refractivity contribution in [1.29, 1.82) is 0 Å². The summed E-state index contributed by atoms with van der Waals surface area (Å²) < 4.78 is 0. The molecule has 1 aliphatic rings. The lowest BCUT2D eigenvalue weighted by Gasteiger charge is -2.24. The van der Waals surface area contributed by atoms with Crippen LogP contribution in [0.3, 0.4) is 0 Å². The van der Waals surface area contributed by atoms with E-state index in [0.29, 0.717) is 0 Å². The summed E-state index contributed by atoms with van der Waals surface area (Å²) in [6.45, 7) is 9.62. The Balaban J connectivity index is 2.16. The summed E-state index contributed by atoms with van der Waals surface area (Å²) in [5.74, 6) is 3.98. The fourth-order valence-electron chi connectivity index (χ4n) is 3.69.